The van der Waals surface area contributed by atoms with E-state index < -0.39 is 0 Å². The van der Waals surface area contributed by atoms with Crippen LogP contribution >= 0.6 is 11.6 Å². The molecule has 1 aromatic carbocycles. The van der Waals surface area contributed by atoms with E-state index in [2.05, 4.69) is 5.32 Å². The molecule has 1 rings (SSSR count). The molecular formula is C11H15ClFNO. The van der Waals surface area contributed by atoms with Gasteiger partial charge in [0.2, 0.25) is 0 Å². The Bertz CT molecular complexity index is 299. The van der Waals surface area contributed by atoms with Crippen molar-refractivity contribution in [2.45, 2.75) is 13.0 Å². The molecule has 0 heterocycles. The summed E-state index contributed by atoms with van der Waals surface area (Å²) in [6.45, 7) is 2.91. The van der Waals surface area contributed by atoms with E-state index in [1.54, 1.807) is 19.2 Å². The van der Waals surface area contributed by atoms with Gasteiger partial charge in [-0.1, -0.05) is 17.7 Å². The van der Waals surface area contributed by atoms with Crippen LogP contribution in [0.15, 0.2) is 18.2 Å². The first kappa shape index (κ1) is 12.4. The third-order valence-electron chi connectivity index (χ3n) is 2.19. The maximum atomic E-state index is 13.5. The van der Waals surface area contributed by atoms with Crippen molar-refractivity contribution in [1.29, 1.82) is 0 Å². The molecule has 0 fully saturated rings. The summed E-state index contributed by atoms with van der Waals surface area (Å²) in [6.07, 6.45) is 0. The predicted octanol–water partition coefficient (Wildman–Crippen LogP) is 2.78. The van der Waals surface area contributed by atoms with E-state index in [-0.39, 0.29) is 11.9 Å². The second-order valence-electron chi connectivity index (χ2n) is 3.14. The van der Waals surface area contributed by atoms with Crippen molar-refractivity contribution < 1.29 is 9.13 Å². The lowest BCUT2D eigenvalue weighted by molar-refractivity contribution is 0.124. The number of hydrogen-bond donors (Lipinski definition) is 1. The Morgan fingerprint density at radius 3 is 2.80 bits per heavy atom. The summed E-state index contributed by atoms with van der Waals surface area (Å²) in [5, 5.41) is 3.41. The smallest absolute Gasteiger partial charge is 0.129 e. The largest absolute Gasteiger partial charge is 0.380 e. The number of benzene rings is 1. The fourth-order valence-corrected chi connectivity index (χ4v) is 1.69. The van der Waals surface area contributed by atoms with Gasteiger partial charge in [0.1, 0.15) is 5.82 Å². The summed E-state index contributed by atoms with van der Waals surface area (Å²) in [7, 11) is 1.76. The van der Waals surface area contributed by atoms with Crippen LogP contribution in [0.2, 0.25) is 5.02 Å². The first-order valence-electron chi connectivity index (χ1n) is 4.89. The average Bonchev–Trinajstić information content (AvgIpc) is 2.22. The van der Waals surface area contributed by atoms with Crippen molar-refractivity contribution in [1.82, 2.24) is 5.32 Å². The lowest BCUT2D eigenvalue weighted by Gasteiger charge is -2.18. The van der Waals surface area contributed by atoms with E-state index in [4.69, 9.17) is 16.3 Å². The predicted molar refractivity (Wildman–Crippen MR) is 59.7 cm³/mol. The number of likely N-dealkylation sites (N-methyl/N-ethyl adjacent to an activating group) is 1. The van der Waals surface area contributed by atoms with Gasteiger partial charge in [-0.05, 0) is 26.1 Å². The number of halogens is 2. The van der Waals surface area contributed by atoms with Crippen LogP contribution in [-0.4, -0.2) is 20.3 Å². The first-order chi connectivity index (χ1) is 7.20. The molecule has 84 valence electrons. The Labute approximate surface area is 94.4 Å². The van der Waals surface area contributed by atoms with Crippen molar-refractivity contribution in [3.05, 3.63) is 34.6 Å². The maximum Gasteiger partial charge on any atom is 0.129 e. The molecule has 0 bridgehead atoms. The second-order valence-corrected chi connectivity index (χ2v) is 3.54. The fourth-order valence-electron chi connectivity index (χ4n) is 1.39. The van der Waals surface area contributed by atoms with E-state index >= 15 is 0 Å². The van der Waals surface area contributed by atoms with Crippen molar-refractivity contribution in [3.8, 4) is 0 Å². The third kappa shape index (κ3) is 3.16. The van der Waals surface area contributed by atoms with Crippen LogP contribution in [0.3, 0.4) is 0 Å². The molecular weight excluding hydrogens is 217 g/mol. The molecule has 0 aliphatic carbocycles. The van der Waals surface area contributed by atoms with Crippen LogP contribution < -0.4 is 5.32 Å². The molecule has 1 unspecified atom stereocenters. The molecule has 0 amide bonds. The standard InChI is InChI=1S/C11H15ClFNO/c1-3-15-7-10(14-2)11-8(12)5-4-6-9(11)13/h4-6,10,14H,3,7H2,1-2H3. The molecule has 0 radical (unpaired) electrons. The highest BCUT2D eigenvalue weighted by Gasteiger charge is 2.17. The SMILES string of the molecule is CCOCC(NC)c1c(F)cccc1Cl. The zero-order valence-electron chi connectivity index (χ0n) is 8.89. The molecule has 0 aromatic heterocycles. The Morgan fingerprint density at radius 2 is 2.27 bits per heavy atom. The summed E-state index contributed by atoms with van der Waals surface area (Å²) in [5.74, 6) is -0.304. The van der Waals surface area contributed by atoms with Crippen LogP contribution in [-0.2, 0) is 4.74 Å². The van der Waals surface area contributed by atoms with E-state index in [0.717, 1.165) is 0 Å². The van der Waals surface area contributed by atoms with E-state index in [1.807, 2.05) is 6.92 Å². The molecule has 1 N–H and O–H groups in total. The van der Waals surface area contributed by atoms with Gasteiger partial charge in [-0.2, -0.15) is 0 Å². The van der Waals surface area contributed by atoms with Gasteiger partial charge >= 0.3 is 0 Å². The molecule has 1 aromatic rings. The minimum absolute atomic E-state index is 0.210. The van der Waals surface area contributed by atoms with Crippen LogP contribution in [0.1, 0.15) is 18.5 Å². The minimum atomic E-state index is -0.304. The lowest BCUT2D eigenvalue weighted by Crippen LogP contribution is -2.23. The van der Waals surface area contributed by atoms with Gasteiger partial charge < -0.3 is 10.1 Å². The van der Waals surface area contributed by atoms with Crippen molar-refractivity contribution in [2.24, 2.45) is 0 Å². The molecule has 0 saturated carbocycles. The quantitative estimate of drug-likeness (QED) is 0.842. The lowest BCUT2D eigenvalue weighted by atomic mass is 10.1. The van der Waals surface area contributed by atoms with E-state index in [0.29, 0.717) is 23.8 Å². The molecule has 0 aliphatic heterocycles. The Balaban J connectivity index is 2.90. The minimum Gasteiger partial charge on any atom is -0.380 e. The first-order valence-corrected chi connectivity index (χ1v) is 5.27. The highest BCUT2D eigenvalue weighted by Crippen LogP contribution is 2.25. The molecule has 1 atom stereocenters. The monoisotopic (exact) mass is 231 g/mol. The molecule has 4 heteroatoms. The molecule has 15 heavy (non-hydrogen) atoms. The fraction of sp³-hybridized carbons (Fsp3) is 0.455. The van der Waals surface area contributed by atoms with E-state index in [1.165, 1.54) is 6.07 Å². The molecule has 0 saturated heterocycles. The van der Waals surface area contributed by atoms with Gasteiger partial charge in [-0.25, -0.2) is 4.39 Å². The van der Waals surface area contributed by atoms with Crippen LogP contribution in [0.5, 0.6) is 0 Å². The van der Waals surface area contributed by atoms with Gasteiger partial charge in [0.05, 0.1) is 12.6 Å². The summed E-state index contributed by atoms with van der Waals surface area (Å²) in [6, 6.07) is 4.46. The Hall–Kier alpha value is -0.640. The summed E-state index contributed by atoms with van der Waals surface area (Å²) in [5.41, 5.74) is 0.468. The number of nitrogens with one attached hydrogen (secondary N) is 1. The number of ether oxygens (including phenoxy) is 1. The zero-order chi connectivity index (χ0) is 11.3. The van der Waals surface area contributed by atoms with Crippen LogP contribution in [0.25, 0.3) is 0 Å². The maximum absolute atomic E-state index is 13.5. The highest BCUT2D eigenvalue weighted by atomic mass is 35.5. The van der Waals surface area contributed by atoms with Crippen molar-refractivity contribution in [3.63, 3.8) is 0 Å². The van der Waals surface area contributed by atoms with Gasteiger partial charge in [0, 0.05) is 17.2 Å². The highest BCUT2D eigenvalue weighted by molar-refractivity contribution is 6.31. The van der Waals surface area contributed by atoms with Crippen molar-refractivity contribution in [2.75, 3.05) is 20.3 Å². The molecule has 2 nitrogen and oxygen atoms in total. The van der Waals surface area contributed by atoms with E-state index in [9.17, 15) is 4.39 Å². The van der Waals surface area contributed by atoms with Crippen LogP contribution in [0, 0.1) is 5.82 Å². The Morgan fingerprint density at radius 1 is 1.53 bits per heavy atom. The van der Waals surface area contributed by atoms with Gasteiger partial charge in [-0.15, -0.1) is 0 Å². The van der Waals surface area contributed by atoms with Gasteiger partial charge in [-0.3, -0.25) is 0 Å². The topological polar surface area (TPSA) is 21.3 Å². The second kappa shape index (κ2) is 6.05. The number of rotatable bonds is 5. The third-order valence-corrected chi connectivity index (χ3v) is 2.51. The normalized spacial score (nSPS) is 12.8. The van der Waals surface area contributed by atoms with Gasteiger partial charge in [0.25, 0.3) is 0 Å². The molecule has 0 spiro atoms. The summed E-state index contributed by atoms with van der Waals surface area (Å²) >= 11 is 5.95. The van der Waals surface area contributed by atoms with Gasteiger partial charge in [0.15, 0.2) is 0 Å². The Kier molecular flexibility index (Phi) is 5.02. The number of hydrogen-bond acceptors (Lipinski definition) is 2. The zero-order valence-corrected chi connectivity index (χ0v) is 9.64. The van der Waals surface area contributed by atoms with Crippen LogP contribution in [0.4, 0.5) is 4.39 Å². The summed E-state index contributed by atoms with van der Waals surface area (Å²) in [4.78, 5) is 0. The summed E-state index contributed by atoms with van der Waals surface area (Å²) < 4.78 is 18.8. The van der Waals surface area contributed by atoms with Crippen molar-refractivity contribution >= 4 is 11.6 Å². The average molecular weight is 232 g/mol. The molecule has 0 aliphatic rings.